The van der Waals surface area contributed by atoms with Gasteiger partial charge in [-0.2, -0.15) is 8.78 Å². The minimum atomic E-state index is -0.882. The number of nitrogens with one attached hydrogen (secondary N) is 5. The Bertz CT molecular complexity index is 7740. The molecule has 15 aromatic rings. The summed E-state index contributed by atoms with van der Waals surface area (Å²) in [7, 11) is 7.48. The molecule has 7 aromatic heterocycles. The number of piperidine rings is 1. The number of carbonyl (C=O) groups excluding carboxylic acids is 5. The van der Waals surface area contributed by atoms with Gasteiger partial charge in [-0.15, -0.1) is 0 Å². The molecule has 8 aromatic carbocycles. The lowest BCUT2D eigenvalue weighted by Crippen LogP contribution is -2.31. The molecule has 13 heterocycles. The Kier molecular flexibility index (Phi) is 30.2. The van der Waals surface area contributed by atoms with Gasteiger partial charge in [-0.1, -0.05) is 66.7 Å². The number of anilines is 6. The molecule has 21 rings (SSSR count). The molecule has 6 aliphatic heterocycles. The van der Waals surface area contributed by atoms with Crippen LogP contribution in [0.15, 0.2) is 213 Å². The van der Waals surface area contributed by atoms with Crippen molar-refractivity contribution in [1.82, 2.24) is 71.3 Å². The fourth-order valence-electron chi connectivity index (χ4n) is 19.1. The summed E-state index contributed by atoms with van der Waals surface area (Å²) in [6.07, 6.45) is 18.6. The summed E-state index contributed by atoms with van der Waals surface area (Å²) in [5.41, 5.74) is 52.9. The quantitative estimate of drug-likeness (QED) is 0.0175. The highest BCUT2D eigenvalue weighted by Crippen LogP contribution is 2.44. The number of amides is 5. The number of hydrogen-bond acceptors (Lipinski definition) is 24. The summed E-state index contributed by atoms with van der Waals surface area (Å²) in [6, 6.07) is 47.6. The Morgan fingerprint density at radius 3 is 1.07 bits per heavy atom. The topological polar surface area (TPSA) is 462 Å². The molecule has 0 aliphatic carbocycles. The van der Waals surface area contributed by atoms with E-state index < -0.39 is 33.1 Å². The fourth-order valence-corrected chi connectivity index (χ4v) is 19.1. The van der Waals surface area contributed by atoms with Gasteiger partial charge in [0, 0.05) is 237 Å². The van der Waals surface area contributed by atoms with Crippen LogP contribution in [-0.2, 0) is 45.2 Å². The van der Waals surface area contributed by atoms with E-state index >= 15 is 4.39 Å². The number of halogens is 5. The highest BCUT2D eigenvalue weighted by atomic mass is 19.1. The summed E-state index contributed by atoms with van der Waals surface area (Å²) >= 11 is 0. The molecule has 5 amide bonds. The lowest BCUT2D eigenvalue weighted by molar-refractivity contribution is -0.386. The van der Waals surface area contributed by atoms with E-state index in [0.717, 1.165) is 117 Å². The number of nitro benzene ring substituents is 2. The maximum absolute atomic E-state index is 15.6. The van der Waals surface area contributed by atoms with Crippen molar-refractivity contribution in [2.75, 3.05) is 108 Å². The van der Waals surface area contributed by atoms with Gasteiger partial charge < -0.3 is 70.0 Å². The Balaban J connectivity index is 0.000000127. The van der Waals surface area contributed by atoms with Crippen LogP contribution in [0.4, 0.5) is 68.1 Å². The third-order valence-electron chi connectivity index (χ3n) is 26.5. The van der Waals surface area contributed by atoms with Gasteiger partial charge in [0.25, 0.3) is 35.2 Å². The van der Waals surface area contributed by atoms with Gasteiger partial charge in [-0.3, -0.25) is 49.2 Å². The fraction of sp³-hybridized carbons (Fsp3) is 0.214. The van der Waals surface area contributed by atoms with Gasteiger partial charge >= 0.3 is 5.69 Å². The van der Waals surface area contributed by atoms with E-state index in [1.165, 1.54) is 43.1 Å². The zero-order valence-electron chi connectivity index (χ0n) is 82.0. The molecule has 1 saturated heterocycles. The molecular weight excluding hydrogens is 1890 g/mol. The average molecular weight is 2000 g/mol. The first-order chi connectivity index (χ1) is 71.1. The first kappa shape index (κ1) is 102. The average Bonchev–Trinajstić information content (AvgIpc) is 0.757. The van der Waals surface area contributed by atoms with Gasteiger partial charge in [-0.05, 0) is 264 Å². The van der Waals surface area contributed by atoms with Gasteiger partial charge in [-0.25, -0.2) is 43.1 Å². The van der Waals surface area contributed by atoms with Crippen LogP contribution >= 0.6 is 0 Å². The van der Waals surface area contributed by atoms with E-state index in [4.69, 9.17) is 28.7 Å². The van der Waals surface area contributed by atoms with Gasteiger partial charge in [0.05, 0.1) is 9.85 Å². The van der Waals surface area contributed by atoms with Crippen LogP contribution in [0.3, 0.4) is 0 Å². The van der Waals surface area contributed by atoms with Crippen molar-refractivity contribution in [2.45, 2.75) is 85.2 Å². The van der Waals surface area contributed by atoms with Crippen LogP contribution in [0.2, 0.25) is 0 Å². The molecule has 752 valence electrons. The predicted molar refractivity (Wildman–Crippen MR) is 562 cm³/mol. The Morgan fingerprint density at radius 1 is 0.338 bits per heavy atom. The highest BCUT2D eigenvalue weighted by molar-refractivity contribution is 6.02. The van der Waals surface area contributed by atoms with E-state index in [2.05, 4.69) is 61.5 Å². The monoisotopic (exact) mass is 2000 g/mol. The summed E-state index contributed by atoms with van der Waals surface area (Å²) < 4.78 is 74.1. The Morgan fingerprint density at radius 2 is 0.696 bits per heavy atom. The smallest absolute Gasteiger partial charge is 0.328 e. The normalized spacial score (nSPS) is 13.7. The molecule has 6 aliphatic rings. The lowest BCUT2D eigenvalue weighted by Gasteiger charge is -2.28. The molecule has 0 atom stereocenters. The standard InChI is InChI=1S/C25H24FN5O3.C24H25FN4O.C23H22FN5O3.2C20H17FN4O/c26-22-18(6-7-21(23(22)31(33)34)30-10-2-1-3-11-30)17-13-20(24(27)29-14-17)15-4-5-19-16(12-15)8-9-28-25(19)32;1-14-8-15(13-29(2)3)9-20(22(14)25)18-11-21(23(26)28-12-18)16-4-5-19-17(10-16)6-7-27-24(19)30;1-28(2)12-16-9-20(24)18(10-21(16)29(31)32)15-8-19(22(25)27-11-15)13-3-4-17-14(7-13)5-6-26-23(17)30;1-11-8-23-10-17(18(11)21)14-7-16(19(22)25-9-14)12-2-3-15-13(6-12)4-5-24-20(15)26;1-11-6-16(18(21)24-9-11)14-8-17(19(22)25-10-14)12-2-3-15-13(7-12)4-5-23-20(15)26/h4-7,12-14H,1-3,8-11H2,(H2,27,29)(H,28,32);4-5,8-12H,6-7,13H2,1-3H3,(H2,26,28)(H,27,30);3-4,7-11H,5-6,12H2,1-2H3,(H2,25,27)(H,26,30);2-3,6-10H,4-5H2,1H3,(H2,22,25)(H,24,26);2-3,6-10H,4-5H2,1H3,(H2,22,25)(H,23,26). The maximum atomic E-state index is 15.6. The Labute approximate surface area is 848 Å². The summed E-state index contributed by atoms with van der Waals surface area (Å²) in [5.74, 6) is -1.41. The number of nitrogen functional groups attached to an aromatic ring is 5. The third-order valence-corrected chi connectivity index (χ3v) is 26.5. The van der Waals surface area contributed by atoms with Crippen LogP contribution < -0.4 is 60.2 Å². The number of hydrogen-bond donors (Lipinski definition) is 10. The minimum Gasteiger partial charge on any atom is -0.383 e. The summed E-state index contributed by atoms with van der Waals surface area (Å²) in [5, 5.41) is 37.6. The van der Waals surface area contributed by atoms with Crippen LogP contribution in [0.25, 0.3) is 111 Å². The molecular formula is C112H105F5N22O9. The molecule has 15 N–H and O–H groups in total. The molecule has 1 fully saturated rings. The molecule has 0 spiro atoms. The molecule has 0 bridgehead atoms. The Hall–Kier alpha value is -17.7. The third kappa shape index (κ3) is 22.2. The van der Waals surface area contributed by atoms with Crippen LogP contribution in [0, 0.1) is 70.2 Å². The van der Waals surface area contributed by atoms with Gasteiger partial charge in [0.15, 0.2) is 0 Å². The van der Waals surface area contributed by atoms with Crippen LogP contribution in [0.1, 0.15) is 127 Å². The van der Waals surface area contributed by atoms with E-state index in [-0.39, 0.29) is 81.7 Å². The lowest BCUT2D eigenvalue weighted by atomic mass is 9.93. The van der Waals surface area contributed by atoms with Crippen molar-refractivity contribution in [3.05, 3.63) is 346 Å². The van der Waals surface area contributed by atoms with Crippen molar-refractivity contribution in [3.8, 4) is 111 Å². The molecule has 36 heteroatoms. The number of nitrogens with two attached hydrogens (primary N) is 5. The van der Waals surface area contributed by atoms with Crippen molar-refractivity contribution in [3.63, 3.8) is 0 Å². The van der Waals surface area contributed by atoms with Gasteiger partial charge in [0.2, 0.25) is 11.8 Å². The van der Waals surface area contributed by atoms with Gasteiger partial charge in [0.1, 0.15) is 52.2 Å². The molecule has 0 unspecified atom stereocenters. The minimum absolute atomic E-state index is 0.0575. The first-order valence-electron chi connectivity index (χ1n) is 47.9. The van der Waals surface area contributed by atoms with E-state index in [1.54, 1.807) is 118 Å². The number of benzene rings is 8. The van der Waals surface area contributed by atoms with Crippen molar-refractivity contribution in [1.29, 1.82) is 0 Å². The largest absolute Gasteiger partial charge is 0.383 e. The van der Waals surface area contributed by atoms with Crippen molar-refractivity contribution >= 4 is 75.7 Å². The number of nitrogens with zero attached hydrogens (tertiary/aromatic N) is 12. The number of carbonyl (C=O) groups is 5. The van der Waals surface area contributed by atoms with Crippen molar-refractivity contribution in [2.24, 2.45) is 0 Å². The van der Waals surface area contributed by atoms with E-state index in [0.29, 0.717) is 188 Å². The molecule has 0 saturated carbocycles. The zero-order chi connectivity index (χ0) is 105. The van der Waals surface area contributed by atoms with Crippen LogP contribution in [-0.4, -0.2) is 158 Å². The number of rotatable bonds is 17. The summed E-state index contributed by atoms with van der Waals surface area (Å²) in [6.45, 7) is 10.6. The number of nitro groups is 2. The second-order valence-corrected chi connectivity index (χ2v) is 37.4. The first-order valence-corrected chi connectivity index (χ1v) is 47.9. The zero-order valence-corrected chi connectivity index (χ0v) is 82.0. The molecule has 31 nitrogen and oxygen atoms in total. The maximum Gasteiger partial charge on any atom is 0.328 e. The molecule has 148 heavy (non-hydrogen) atoms. The second-order valence-electron chi connectivity index (χ2n) is 37.4. The van der Waals surface area contributed by atoms with E-state index in [9.17, 15) is 61.8 Å². The number of aryl methyl sites for hydroxylation is 3. The number of aromatic nitrogens is 7. The SMILES string of the molecule is CN(C)Cc1cc(F)c(-c2cnc(N)c(-c3ccc4c(c3)CCNC4=O)c2)cc1[N+](=O)[O-].Cc1cc(CN(C)C)cc(-c2cnc(N)c(-c3ccc4c(c3)CCNC4=O)c2)c1F.Cc1cnc(F)c(-c2cnc(N)c(-c3ccc4c(c3)CCNC4=O)c2)c1.Cc1cncc(-c2cnc(N)c(-c3ccc4c(c3)CCNC4=O)c2)c1F.Nc1ncc(-c2ccc(N3CCCCC3)c([N+](=O)[O-])c2F)cc1-c1ccc2c(c1)CCNC2=O. The predicted octanol–water partition coefficient (Wildman–Crippen LogP) is 17.8. The van der Waals surface area contributed by atoms with Crippen LogP contribution in [0.5, 0.6) is 0 Å². The van der Waals surface area contributed by atoms with Crippen molar-refractivity contribution < 1.29 is 55.8 Å². The second kappa shape index (κ2) is 43.9. The summed E-state index contributed by atoms with van der Waals surface area (Å²) in [4.78, 5) is 117. The van der Waals surface area contributed by atoms with E-state index in [1.807, 2.05) is 116 Å². The highest BCUT2D eigenvalue weighted by Gasteiger charge is 2.32. The molecule has 0 radical (unpaired) electrons. The number of fused-ring (bicyclic) bond motifs is 5. The number of pyridine rings is 7.